The van der Waals surface area contributed by atoms with Gasteiger partial charge in [0.25, 0.3) is 0 Å². The molecule has 0 bridgehead atoms. The third-order valence-corrected chi connectivity index (χ3v) is 4.54. The van der Waals surface area contributed by atoms with Crippen molar-refractivity contribution in [2.45, 2.75) is 58.1 Å². The van der Waals surface area contributed by atoms with Gasteiger partial charge in [0, 0.05) is 0 Å². The van der Waals surface area contributed by atoms with Gasteiger partial charge in [-0.25, -0.2) is 0 Å². The zero-order chi connectivity index (χ0) is 12.5. The fourth-order valence-corrected chi connectivity index (χ4v) is 3.27. The van der Waals surface area contributed by atoms with Gasteiger partial charge in [0.2, 0.25) is 0 Å². The van der Waals surface area contributed by atoms with E-state index in [-0.39, 0.29) is 0 Å². The van der Waals surface area contributed by atoms with E-state index in [4.69, 9.17) is 4.74 Å². The van der Waals surface area contributed by atoms with Gasteiger partial charge in [0.1, 0.15) is 11.9 Å². The first kappa shape index (κ1) is 11.9. The highest BCUT2D eigenvalue weighted by Gasteiger charge is 2.34. The Bertz CT molecular complexity index is 429. The normalized spacial score (nSPS) is 29.8. The quantitative estimate of drug-likeness (QED) is 0.850. The van der Waals surface area contributed by atoms with Crippen molar-refractivity contribution in [3.8, 4) is 5.75 Å². The second-order valence-electron chi connectivity index (χ2n) is 5.68. The molecule has 3 atom stereocenters. The average molecular weight is 245 g/mol. The van der Waals surface area contributed by atoms with Crippen LogP contribution in [0.5, 0.6) is 5.75 Å². The van der Waals surface area contributed by atoms with E-state index in [0.29, 0.717) is 12.1 Å². The summed E-state index contributed by atoms with van der Waals surface area (Å²) >= 11 is 0. The van der Waals surface area contributed by atoms with Gasteiger partial charge >= 0.3 is 0 Å². The lowest BCUT2D eigenvalue weighted by atomic mass is 9.81. The average Bonchev–Trinajstić information content (AvgIpc) is 2.43. The summed E-state index contributed by atoms with van der Waals surface area (Å²) in [6.45, 7) is 4.50. The smallest absolute Gasteiger partial charge is 0.142 e. The summed E-state index contributed by atoms with van der Waals surface area (Å²) in [6, 6.07) is 7.08. The van der Waals surface area contributed by atoms with E-state index in [1.807, 2.05) is 0 Å². The van der Waals surface area contributed by atoms with Gasteiger partial charge in [-0.1, -0.05) is 26.3 Å². The van der Waals surface area contributed by atoms with Crippen molar-refractivity contribution in [3.05, 3.63) is 23.8 Å². The fraction of sp³-hybridized carbons (Fsp3) is 0.625. The summed E-state index contributed by atoms with van der Waals surface area (Å²) in [5.41, 5.74) is 2.58. The van der Waals surface area contributed by atoms with E-state index >= 15 is 0 Å². The van der Waals surface area contributed by atoms with Crippen molar-refractivity contribution in [2.75, 3.05) is 5.32 Å². The van der Waals surface area contributed by atoms with Crippen molar-refractivity contribution in [1.82, 2.24) is 0 Å². The Morgan fingerprint density at radius 2 is 2.17 bits per heavy atom. The van der Waals surface area contributed by atoms with Crippen molar-refractivity contribution in [1.29, 1.82) is 0 Å². The van der Waals surface area contributed by atoms with Gasteiger partial charge in [-0.2, -0.15) is 0 Å². The molecule has 3 unspecified atom stereocenters. The zero-order valence-electron chi connectivity index (χ0n) is 11.4. The molecule has 0 saturated heterocycles. The molecule has 0 aromatic heterocycles. The van der Waals surface area contributed by atoms with Crippen LogP contribution in [-0.2, 0) is 6.42 Å². The van der Waals surface area contributed by atoms with Crippen LogP contribution in [0.15, 0.2) is 18.2 Å². The number of rotatable bonds is 2. The van der Waals surface area contributed by atoms with Crippen LogP contribution in [0.1, 0.15) is 45.1 Å². The molecule has 3 rings (SSSR count). The Kier molecular flexibility index (Phi) is 3.19. The molecule has 1 N–H and O–H groups in total. The molecule has 2 heteroatoms. The standard InChI is InChI=1S/C16H23NO/c1-3-11-5-7-15-13(9-11)17-14-10-12(4-2)6-8-16(14)18-15/h5,7,9,12,14,16-17H,3-4,6,8,10H2,1-2H3. The van der Waals surface area contributed by atoms with Gasteiger partial charge in [0.15, 0.2) is 0 Å². The van der Waals surface area contributed by atoms with E-state index < -0.39 is 0 Å². The molecule has 0 radical (unpaired) electrons. The summed E-state index contributed by atoms with van der Waals surface area (Å²) in [4.78, 5) is 0. The summed E-state index contributed by atoms with van der Waals surface area (Å²) in [6.07, 6.45) is 6.55. The predicted molar refractivity (Wildman–Crippen MR) is 75.3 cm³/mol. The van der Waals surface area contributed by atoms with Crippen LogP contribution in [0.2, 0.25) is 0 Å². The molecule has 18 heavy (non-hydrogen) atoms. The highest BCUT2D eigenvalue weighted by molar-refractivity contribution is 5.60. The molecule has 2 aliphatic rings. The minimum atomic E-state index is 0.382. The number of fused-ring (bicyclic) bond motifs is 2. The molecule has 1 heterocycles. The lowest BCUT2D eigenvalue weighted by Gasteiger charge is -2.41. The topological polar surface area (TPSA) is 21.3 Å². The van der Waals surface area contributed by atoms with Crippen molar-refractivity contribution < 1.29 is 4.74 Å². The maximum absolute atomic E-state index is 6.17. The number of aryl methyl sites for hydroxylation is 1. The van der Waals surface area contributed by atoms with Crippen molar-refractivity contribution in [2.24, 2.45) is 5.92 Å². The first-order chi connectivity index (χ1) is 8.80. The molecular formula is C16H23NO. The van der Waals surface area contributed by atoms with E-state index in [0.717, 1.165) is 18.1 Å². The number of benzene rings is 1. The third kappa shape index (κ3) is 2.09. The Balaban J connectivity index is 1.82. The van der Waals surface area contributed by atoms with Crippen LogP contribution < -0.4 is 10.1 Å². The van der Waals surface area contributed by atoms with Crippen LogP contribution in [0.25, 0.3) is 0 Å². The van der Waals surface area contributed by atoms with Gasteiger partial charge in [0.05, 0.1) is 11.7 Å². The maximum atomic E-state index is 6.17. The van der Waals surface area contributed by atoms with E-state index in [2.05, 4.69) is 37.4 Å². The molecule has 1 aliphatic carbocycles. The number of hydrogen-bond donors (Lipinski definition) is 1. The molecule has 0 amide bonds. The van der Waals surface area contributed by atoms with E-state index in [9.17, 15) is 0 Å². The van der Waals surface area contributed by atoms with Gasteiger partial charge in [-0.15, -0.1) is 0 Å². The first-order valence-electron chi connectivity index (χ1n) is 7.36. The molecule has 1 aliphatic heterocycles. The molecule has 1 saturated carbocycles. The SMILES string of the molecule is CCc1ccc2c(c1)NC1CC(CC)CCC1O2. The molecule has 0 spiro atoms. The van der Waals surface area contributed by atoms with Crippen LogP contribution in [0.3, 0.4) is 0 Å². The van der Waals surface area contributed by atoms with Gasteiger partial charge in [-0.3, -0.25) is 0 Å². The first-order valence-corrected chi connectivity index (χ1v) is 7.36. The maximum Gasteiger partial charge on any atom is 0.142 e. The van der Waals surface area contributed by atoms with Crippen LogP contribution in [-0.4, -0.2) is 12.1 Å². The predicted octanol–water partition coefficient (Wildman–Crippen LogP) is 4.00. The monoisotopic (exact) mass is 245 g/mol. The lowest BCUT2D eigenvalue weighted by Crippen LogP contribution is -2.45. The molecule has 1 fully saturated rings. The lowest BCUT2D eigenvalue weighted by molar-refractivity contribution is 0.107. The summed E-state index contributed by atoms with van der Waals surface area (Å²) < 4.78 is 6.17. The molecular weight excluding hydrogens is 222 g/mol. The highest BCUT2D eigenvalue weighted by atomic mass is 16.5. The van der Waals surface area contributed by atoms with Crippen molar-refractivity contribution >= 4 is 5.69 Å². The largest absolute Gasteiger partial charge is 0.486 e. The van der Waals surface area contributed by atoms with Crippen LogP contribution in [0, 0.1) is 5.92 Å². The van der Waals surface area contributed by atoms with Crippen molar-refractivity contribution in [3.63, 3.8) is 0 Å². The zero-order valence-corrected chi connectivity index (χ0v) is 11.4. The number of ether oxygens (including phenoxy) is 1. The Hall–Kier alpha value is -1.18. The molecule has 98 valence electrons. The second-order valence-corrected chi connectivity index (χ2v) is 5.68. The number of nitrogens with one attached hydrogen (secondary N) is 1. The summed E-state index contributed by atoms with van der Waals surface area (Å²) in [5, 5.41) is 3.71. The van der Waals surface area contributed by atoms with Gasteiger partial charge in [-0.05, 0) is 49.3 Å². The minimum Gasteiger partial charge on any atom is -0.486 e. The Morgan fingerprint density at radius 3 is 2.94 bits per heavy atom. The molecule has 2 nitrogen and oxygen atoms in total. The second kappa shape index (κ2) is 4.83. The Labute approximate surface area is 110 Å². The fourth-order valence-electron chi connectivity index (χ4n) is 3.27. The van der Waals surface area contributed by atoms with Gasteiger partial charge < -0.3 is 10.1 Å². The highest BCUT2D eigenvalue weighted by Crippen LogP contribution is 2.39. The minimum absolute atomic E-state index is 0.382. The van der Waals surface area contributed by atoms with Crippen LogP contribution >= 0.6 is 0 Å². The molecule has 1 aromatic carbocycles. The molecule has 1 aromatic rings. The third-order valence-electron chi connectivity index (χ3n) is 4.54. The van der Waals surface area contributed by atoms with E-state index in [1.54, 1.807) is 0 Å². The van der Waals surface area contributed by atoms with Crippen LogP contribution in [0.4, 0.5) is 5.69 Å². The number of hydrogen-bond acceptors (Lipinski definition) is 2. The Morgan fingerprint density at radius 1 is 1.28 bits per heavy atom. The summed E-state index contributed by atoms with van der Waals surface area (Å²) in [7, 11) is 0. The van der Waals surface area contributed by atoms with E-state index in [1.165, 1.54) is 36.9 Å². The number of anilines is 1. The summed E-state index contributed by atoms with van der Waals surface area (Å²) in [5.74, 6) is 1.92.